The van der Waals surface area contributed by atoms with Crippen LogP contribution < -0.4 is 9.64 Å². The Labute approximate surface area is 101 Å². The lowest BCUT2D eigenvalue weighted by molar-refractivity contribution is -0.104. The van der Waals surface area contributed by atoms with E-state index in [0.717, 1.165) is 19.3 Å². The molecule has 0 amide bonds. The Hall–Kier alpha value is -1.91. The smallest absolute Gasteiger partial charge is 0.234 e. The second-order valence-electron chi connectivity index (χ2n) is 3.54. The molecule has 0 N–H and O–H groups in total. The molecule has 17 heavy (non-hydrogen) atoms. The maximum atomic E-state index is 10.3. The van der Waals surface area contributed by atoms with Crippen LogP contribution in [0.2, 0.25) is 0 Å². The first-order valence-electron chi connectivity index (χ1n) is 5.47. The highest BCUT2D eigenvalue weighted by molar-refractivity contribution is 5.75. The Morgan fingerprint density at radius 2 is 2.29 bits per heavy atom. The molecule has 0 fully saturated rings. The highest BCUT2D eigenvalue weighted by atomic mass is 16.5. The topological polar surface area (TPSA) is 55.3 Å². The normalized spacial score (nSPS) is 10.5. The zero-order valence-electron chi connectivity index (χ0n) is 10.4. The average Bonchev–Trinajstić information content (AvgIpc) is 2.36. The first-order valence-corrected chi connectivity index (χ1v) is 5.47. The van der Waals surface area contributed by atoms with E-state index in [0.29, 0.717) is 17.4 Å². The van der Waals surface area contributed by atoms with Gasteiger partial charge in [-0.15, -0.1) is 0 Å². The van der Waals surface area contributed by atoms with E-state index in [-0.39, 0.29) is 0 Å². The summed E-state index contributed by atoms with van der Waals surface area (Å²) >= 11 is 0. The van der Waals surface area contributed by atoms with Crippen LogP contribution >= 0.6 is 0 Å². The van der Waals surface area contributed by atoms with Gasteiger partial charge in [0.2, 0.25) is 5.88 Å². The highest BCUT2D eigenvalue weighted by Crippen LogP contribution is 2.19. The molecule has 0 spiro atoms. The molecule has 5 heteroatoms. The van der Waals surface area contributed by atoms with E-state index in [9.17, 15) is 4.79 Å². The summed E-state index contributed by atoms with van der Waals surface area (Å²) in [5.74, 6) is 1.18. The molecule has 92 valence electrons. The molecular weight excluding hydrogens is 218 g/mol. The Balaban J connectivity index is 3.10. The van der Waals surface area contributed by atoms with Crippen LogP contribution in [0.3, 0.4) is 0 Å². The second-order valence-corrected chi connectivity index (χ2v) is 3.54. The number of carbonyl (C=O) groups excluding carboxylic acids is 1. The molecule has 1 heterocycles. The molecule has 0 bridgehead atoms. The number of nitrogens with zero attached hydrogens (tertiary/aromatic N) is 3. The molecule has 1 aromatic rings. The van der Waals surface area contributed by atoms with Crippen molar-refractivity contribution in [1.82, 2.24) is 9.97 Å². The number of hydrogen-bond acceptors (Lipinski definition) is 5. The minimum atomic E-state index is 0.464. The number of aldehydes is 1. The molecule has 1 rings (SSSR count). The largest absolute Gasteiger partial charge is 0.480 e. The van der Waals surface area contributed by atoms with Crippen molar-refractivity contribution in [1.29, 1.82) is 0 Å². The van der Waals surface area contributed by atoms with Crippen LogP contribution in [0.15, 0.2) is 12.3 Å². The number of anilines is 1. The maximum Gasteiger partial charge on any atom is 0.234 e. The number of rotatable bonds is 6. The fraction of sp³-hybridized carbons (Fsp3) is 0.417. The zero-order chi connectivity index (χ0) is 12.7. The van der Waals surface area contributed by atoms with Gasteiger partial charge in [-0.2, -0.15) is 4.98 Å². The summed E-state index contributed by atoms with van der Waals surface area (Å²) in [6.07, 6.45) is 6.30. The molecular formula is C12H17N3O2. The van der Waals surface area contributed by atoms with Crippen LogP contribution in [0.25, 0.3) is 6.08 Å². The molecule has 0 atom stereocenters. The minimum absolute atomic E-state index is 0.464. The summed E-state index contributed by atoms with van der Waals surface area (Å²) in [6.45, 7) is 2.95. The first kappa shape index (κ1) is 13.2. The maximum absolute atomic E-state index is 10.3. The Morgan fingerprint density at radius 3 is 2.88 bits per heavy atom. The molecule has 0 aliphatic heterocycles. The predicted molar refractivity (Wildman–Crippen MR) is 67.2 cm³/mol. The van der Waals surface area contributed by atoms with E-state index in [2.05, 4.69) is 16.9 Å². The van der Waals surface area contributed by atoms with Crippen molar-refractivity contribution >= 4 is 18.2 Å². The van der Waals surface area contributed by atoms with Gasteiger partial charge in [-0.1, -0.05) is 6.92 Å². The number of carbonyl (C=O) groups is 1. The molecule has 0 radical (unpaired) electrons. The number of allylic oxidation sites excluding steroid dienone is 1. The van der Waals surface area contributed by atoms with E-state index in [4.69, 9.17) is 4.74 Å². The van der Waals surface area contributed by atoms with E-state index in [1.165, 1.54) is 12.3 Å². The first-order chi connectivity index (χ1) is 8.22. The van der Waals surface area contributed by atoms with Crippen LogP contribution in [0.1, 0.15) is 19.0 Å². The van der Waals surface area contributed by atoms with E-state index >= 15 is 0 Å². The number of hydrogen-bond donors (Lipinski definition) is 0. The van der Waals surface area contributed by atoms with Crippen LogP contribution in [-0.2, 0) is 4.79 Å². The van der Waals surface area contributed by atoms with Crippen molar-refractivity contribution in [2.45, 2.75) is 13.3 Å². The lowest BCUT2D eigenvalue weighted by Crippen LogP contribution is -2.20. The Bertz CT molecular complexity index is 405. The van der Waals surface area contributed by atoms with Crippen LogP contribution in [-0.4, -0.2) is 37.0 Å². The molecule has 0 saturated carbocycles. The van der Waals surface area contributed by atoms with Crippen LogP contribution in [0, 0.1) is 0 Å². The van der Waals surface area contributed by atoms with Gasteiger partial charge < -0.3 is 9.64 Å². The summed E-state index contributed by atoms with van der Waals surface area (Å²) in [5.41, 5.74) is 0.661. The monoisotopic (exact) mass is 235 g/mol. The molecule has 0 aliphatic rings. The average molecular weight is 235 g/mol. The van der Waals surface area contributed by atoms with Gasteiger partial charge in [-0.05, 0) is 18.6 Å². The van der Waals surface area contributed by atoms with Gasteiger partial charge in [0, 0.05) is 13.6 Å². The van der Waals surface area contributed by atoms with Gasteiger partial charge in [0.05, 0.1) is 13.3 Å². The fourth-order valence-electron chi connectivity index (χ4n) is 1.44. The van der Waals surface area contributed by atoms with Gasteiger partial charge in [0.25, 0.3) is 0 Å². The van der Waals surface area contributed by atoms with Gasteiger partial charge in [-0.3, -0.25) is 4.79 Å². The third-order valence-corrected chi connectivity index (χ3v) is 2.22. The van der Waals surface area contributed by atoms with E-state index in [1.807, 2.05) is 11.9 Å². The summed E-state index contributed by atoms with van der Waals surface area (Å²) < 4.78 is 5.05. The molecule has 5 nitrogen and oxygen atoms in total. The van der Waals surface area contributed by atoms with E-state index in [1.54, 1.807) is 13.2 Å². The Kier molecular flexibility index (Phi) is 5.13. The summed E-state index contributed by atoms with van der Waals surface area (Å²) in [4.78, 5) is 20.9. The third kappa shape index (κ3) is 3.55. The van der Waals surface area contributed by atoms with Crippen molar-refractivity contribution in [2.24, 2.45) is 0 Å². The molecule has 0 aliphatic carbocycles. The van der Waals surface area contributed by atoms with E-state index < -0.39 is 0 Å². The van der Waals surface area contributed by atoms with Crippen molar-refractivity contribution in [3.8, 4) is 5.88 Å². The molecule has 1 aromatic heterocycles. The van der Waals surface area contributed by atoms with Gasteiger partial charge >= 0.3 is 0 Å². The lowest BCUT2D eigenvalue weighted by Gasteiger charge is -2.19. The third-order valence-electron chi connectivity index (χ3n) is 2.22. The van der Waals surface area contributed by atoms with Gasteiger partial charge in [-0.25, -0.2) is 4.98 Å². The van der Waals surface area contributed by atoms with Crippen molar-refractivity contribution in [3.05, 3.63) is 18.0 Å². The lowest BCUT2D eigenvalue weighted by atomic mass is 10.3. The number of ether oxygens (including phenoxy) is 1. The van der Waals surface area contributed by atoms with Crippen molar-refractivity contribution in [3.63, 3.8) is 0 Å². The summed E-state index contributed by atoms with van der Waals surface area (Å²) in [7, 11) is 3.49. The molecule has 0 aromatic carbocycles. The second kappa shape index (κ2) is 6.62. The van der Waals surface area contributed by atoms with Crippen molar-refractivity contribution in [2.75, 3.05) is 25.6 Å². The van der Waals surface area contributed by atoms with Crippen LogP contribution in [0.4, 0.5) is 5.82 Å². The quantitative estimate of drug-likeness (QED) is 0.553. The predicted octanol–water partition coefficient (Wildman–Crippen LogP) is 1.54. The summed E-state index contributed by atoms with van der Waals surface area (Å²) in [6, 6.07) is 0. The minimum Gasteiger partial charge on any atom is -0.480 e. The standard InChI is InChI=1S/C12H17N3O2/c1-4-7-15(2)12-10(6-5-8-16)13-9-11(14-12)17-3/h5-6,8-9H,4,7H2,1-3H3/b6-5-. The molecule has 0 saturated heterocycles. The molecule has 0 unspecified atom stereocenters. The SMILES string of the molecule is CCCN(C)c1nc(OC)cnc1/C=C\C=O. The zero-order valence-corrected chi connectivity index (χ0v) is 10.4. The van der Waals surface area contributed by atoms with Gasteiger partial charge in [0.1, 0.15) is 12.0 Å². The number of aromatic nitrogens is 2. The number of methoxy groups -OCH3 is 1. The van der Waals surface area contributed by atoms with Gasteiger partial charge in [0.15, 0.2) is 5.82 Å². The summed E-state index contributed by atoms with van der Waals surface area (Å²) in [5, 5.41) is 0. The van der Waals surface area contributed by atoms with Crippen LogP contribution in [0.5, 0.6) is 5.88 Å². The fourth-order valence-corrected chi connectivity index (χ4v) is 1.44. The highest BCUT2D eigenvalue weighted by Gasteiger charge is 2.09. The van der Waals surface area contributed by atoms with Crippen molar-refractivity contribution < 1.29 is 9.53 Å². The Morgan fingerprint density at radius 1 is 1.53 bits per heavy atom.